The summed E-state index contributed by atoms with van der Waals surface area (Å²) in [4.78, 5) is 0. The second kappa shape index (κ2) is 18.1. The Morgan fingerprint density at radius 1 is 1.21 bits per heavy atom. The summed E-state index contributed by atoms with van der Waals surface area (Å²) >= 11 is 0. The summed E-state index contributed by atoms with van der Waals surface area (Å²) in [6.07, 6.45) is 7.63. The molecule has 0 bridgehead atoms. The van der Waals surface area contributed by atoms with E-state index in [2.05, 4.69) is 6.58 Å². The highest BCUT2D eigenvalue weighted by atomic mass is 14.6. The molecule has 0 rings (SSSR count). The maximum absolute atomic E-state index is 5.64. The summed E-state index contributed by atoms with van der Waals surface area (Å²) in [5.41, 5.74) is 6.75. The number of rotatable bonds is 3. The zero-order chi connectivity index (χ0) is 12.0. The van der Waals surface area contributed by atoms with Crippen molar-refractivity contribution in [2.75, 3.05) is 0 Å². The smallest absolute Gasteiger partial charge is 0.0265 e. The van der Waals surface area contributed by atoms with E-state index in [1.165, 1.54) is 0 Å². The van der Waals surface area contributed by atoms with E-state index in [9.17, 15) is 0 Å². The van der Waals surface area contributed by atoms with Crippen molar-refractivity contribution in [2.45, 2.75) is 47.6 Å². The van der Waals surface area contributed by atoms with E-state index in [1.807, 2.05) is 59.8 Å². The van der Waals surface area contributed by atoms with Crippen molar-refractivity contribution in [3.8, 4) is 0 Å². The fourth-order valence-corrected chi connectivity index (χ4v) is 0.688. The van der Waals surface area contributed by atoms with Crippen molar-refractivity contribution < 1.29 is 0 Å². The molecular formula is C13H27N. The van der Waals surface area contributed by atoms with Gasteiger partial charge >= 0.3 is 0 Å². The first-order valence-corrected chi connectivity index (χ1v) is 5.43. The summed E-state index contributed by atoms with van der Waals surface area (Å²) in [7, 11) is 0. The normalized spacial score (nSPS) is 12.1. The molecule has 0 spiro atoms. The molecule has 0 heterocycles. The molecule has 0 aliphatic rings. The molecule has 0 aromatic heterocycles. The molecule has 0 saturated carbocycles. The van der Waals surface area contributed by atoms with Gasteiger partial charge in [-0.2, -0.15) is 0 Å². The van der Waals surface area contributed by atoms with Gasteiger partial charge in [-0.1, -0.05) is 58.6 Å². The second-order valence-corrected chi connectivity index (χ2v) is 2.19. The SMILES string of the molecule is C=C/C=C(\C=C/C)C(C)N.CC.CC. The third-order valence-electron chi connectivity index (χ3n) is 1.20. The van der Waals surface area contributed by atoms with Crippen LogP contribution in [0.1, 0.15) is 41.5 Å². The lowest BCUT2D eigenvalue weighted by Gasteiger charge is -2.03. The van der Waals surface area contributed by atoms with Crippen LogP contribution >= 0.6 is 0 Å². The molecule has 1 unspecified atom stereocenters. The Morgan fingerprint density at radius 2 is 1.64 bits per heavy atom. The fourth-order valence-electron chi connectivity index (χ4n) is 0.688. The van der Waals surface area contributed by atoms with Gasteiger partial charge in [0, 0.05) is 6.04 Å². The van der Waals surface area contributed by atoms with Crippen molar-refractivity contribution in [2.24, 2.45) is 5.73 Å². The van der Waals surface area contributed by atoms with Gasteiger partial charge in [-0.05, 0) is 19.4 Å². The van der Waals surface area contributed by atoms with E-state index in [0.717, 1.165) is 5.57 Å². The average Bonchev–Trinajstić information content (AvgIpc) is 2.23. The molecule has 1 nitrogen and oxygen atoms in total. The van der Waals surface area contributed by atoms with Gasteiger partial charge in [-0.3, -0.25) is 0 Å². The fraction of sp³-hybridized carbons (Fsp3) is 0.538. The van der Waals surface area contributed by atoms with Crippen LogP contribution in [0.25, 0.3) is 0 Å². The third kappa shape index (κ3) is 13.7. The van der Waals surface area contributed by atoms with Crippen molar-refractivity contribution in [1.29, 1.82) is 0 Å². The minimum absolute atomic E-state index is 0.0919. The van der Waals surface area contributed by atoms with Crippen molar-refractivity contribution >= 4 is 0 Å². The van der Waals surface area contributed by atoms with Gasteiger partial charge < -0.3 is 5.73 Å². The summed E-state index contributed by atoms with van der Waals surface area (Å²) in [5, 5.41) is 0. The van der Waals surface area contributed by atoms with Gasteiger partial charge in [0.2, 0.25) is 0 Å². The zero-order valence-electron chi connectivity index (χ0n) is 10.7. The van der Waals surface area contributed by atoms with E-state index in [0.29, 0.717) is 0 Å². The second-order valence-electron chi connectivity index (χ2n) is 2.19. The first-order chi connectivity index (χ1) is 6.72. The Labute approximate surface area is 90.4 Å². The van der Waals surface area contributed by atoms with Crippen LogP contribution in [-0.4, -0.2) is 6.04 Å². The van der Waals surface area contributed by atoms with Crippen molar-refractivity contribution in [3.63, 3.8) is 0 Å². The quantitative estimate of drug-likeness (QED) is 0.678. The maximum atomic E-state index is 5.64. The Kier molecular flexibility index (Phi) is 24.3. The molecule has 1 heteroatoms. The molecule has 1 atom stereocenters. The number of nitrogens with two attached hydrogens (primary N) is 1. The van der Waals surface area contributed by atoms with E-state index >= 15 is 0 Å². The molecule has 14 heavy (non-hydrogen) atoms. The number of allylic oxidation sites excluding steroid dienone is 3. The molecule has 0 aliphatic carbocycles. The standard InChI is InChI=1S/C9H15N.2C2H6/c1-4-6-9(7-5-2)8(3)10;2*1-2/h4-8H,1,10H2,2-3H3;2*1-2H3/b7-5-,9-6+;;. The van der Waals surface area contributed by atoms with Crippen LogP contribution in [0.4, 0.5) is 0 Å². The van der Waals surface area contributed by atoms with Gasteiger partial charge in [0.25, 0.3) is 0 Å². The van der Waals surface area contributed by atoms with Crippen molar-refractivity contribution in [3.05, 3.63) is 36.5 Å². The molecule has 0 radical (unpaired) electrons. The van der Waals surface area contributed by atoms with Gasteiger partial charge in [0.05, 0.1) is 0 Å². The highest BCUT2D eigenvalue weighted by Gasteiger charge is 1.95. The van der Waals surface area contributed by atoms with E-state index < -0.39 is 0 Å². The van der Waals surface area contributed by atoms with Gasteiger partial charge in [0.1, 0.15) is 0 Å². The highest BCUT2D eigenvalue weighted by molar-refractivity contribution is 5.26. The van der Waals surface area contributed by atoms with Gasteiger partial charge in [-0.25, -0.2) is 0 Å². The molecule has 0 aromatic rings. The highest BCUT2D eigenvalue weighted by Crippen LogP contribution is 2.01. The predicted molar refractivity (Wildman–Crippen MR) is 69.4 cm³/mol. The molecule has 0 fully saturated rings. The minimum Gasteiger partial charge on any atom is -0.324 e. The molecule has 0 aromatic carbocycles. The van der Waals surface area contributed by atoms with Crippen LogP contribution in [-0.2, 0) is 0 Å². The average molecular weight is 197 g/mol. The summed E-state index contributed by atoms with van der Waals surface area (Å²) in [5.74, 6) is 0. The predicted octanol–water partition coefficient (Wildman–Crippen LogP) is 4.07. The van der Waals surface area contributed by atoms with Crippen LogP contribution in [0.5, 0.6) is 0 Å². The van der Waals surface area contributed by atoms with Gasteiger partial charge in [-0.15, -0.1) is 0 Å². The van der Waals surface area contributed by atoms with Crippen molar-refractivity contribution in [1.82, 2.24) is 0 Å². The van der Waals surface area contributed by atoms with Crippen LogP contribution in [0, 0.1) is 0 Å². The van der Waals surface area contributed by atoms with Gasteiger partial charge in [0.15, 0.2) is 0 Å². The number of hydrogen-bond acceptors (Lipinski definition) is 1. The Balaban J connectivity index is -0.000000266. The van der Waals surface area contributed by atoms with Crippen LogP contribution in [0.15, 0.2) is 36.5 Å². The lowest BCUT2D eigenvalue weighted by molar-refractivity contribution is 0.885. The van der Waals surface area contributed by atoms with Crippen LogP contribution in [0.3, 0.4) is 0 Å². The Morgan fingerprint density at radius 3 is 1.86 bits per heavy atom. The zero-order valence-corrected chi connectivity index (χ0v) is 10.7. The number of hydrogen-bond donors (Lipinski definition) is 1. The molecule has 0 saturated heterocycles. The van der Waals surface area contributed by atoms with Crippen LogP contribution < -0.4 is 5.73 Å². The molecule has 0 amide bonds. The third-order valence-corrected chi connectivity index (χ3v) is 1.20. The van der Waals surface area contributed by atoms with E-state index in [-0.39, 0.29) is 6.04 Å². The lowest BCUT2D eigenvalue weighted by Crippen LogP contribution is -2.16. The summed E-state index contributed by atoms with van der Waals surface area (Å²) < 4.78 is 0. The molecular weight excluding hydrogens is 170 g/mol. The topological polar surface area (TPSA) is 26.0 Å². The minimum atomic E-state index is 0.0919. The summed E-state index contributed by atoms with van der Waals surface area (Å²) in [6.45, 7) is 15.5. The van der Waals surface area contributed by atoms with E-state index in [4.69, 9.17) is 5.73 Å². The molecule has 0 aliphatic heterocycles. The van der Waals surface area contributed by atoms with E-state index in [1.54, 1.807) is 6.08 Å². The first kappa shape index (κ1) is 18.9. The summed E-state index contributed by atoms with van der Waals surface area (Å²) in [6, 6.07) is 0.0919. The van der Waals surface area contributed by atoms with Crippen LogP contribution in [0.2, 0.25) is 0 Å². The molecule has 84 valence electrons. The first-order valence-electron chi connectivity index (χ1n) is 5.43. The Bertz CT molecular complexity index is 153. The monoisotopic (exact) mass is 197 g/mol. The molecule has 2 N–H and O–H groups in total. The largest absolute Gasteiger partial charge is 0.324 e. The maximum Gasteiger partial charge on any atom is 0.0265 e. The Hall–Kier alpha value is -0.820. The lowest BCUT2D eigenvalue weighted by atomic mass is 10.1.